The maximum Gasteiger partial charge on any atom is 0.178 e. The van der Waals surface area contributed by atoms with Gasteiger partial charge in [-0.25, -0.2) is 0 Å². The van der Waals surface area contributed by atoms with E-state index >= 15 is 0 Å². The van der Waals surface area contributed by atoms with Crippen molar-refractivity contribution in [2.75, 3.05) is 0 Å². The molecule has 2 aromatic heterocycles. The number of hydrogen-bond acceptors (Lipinski definition) is 3. The third-order valence-electron chi connectivity index (χ3n) is 2.55. The van der Waals surface area contributed by atoms with Crippen LogP contribution in [0.15, 0.2) is 36.7 Å². The van der Waals surface area contributed by atoms with E-state index in [2.05, 4.69) is 10.2 Å². The molecule has 5 nitrogen and oxygen atoms in total. The molecular weight excluding hydrogens is 228 g/mol. The maximum atomic E-state index is 11.6. The van der Waals surface area contributed by atoms with E-state index < -0.39 is 0 Å². The molecule has 5 heteroatoms. The van der Waals surface area contributed by atoms with E-state index in [4.69, 9.17) is 0 Å². The molecule has 0 N–H and O–H groups in total. The number of rotatable bonds is 4. The van der Waals surface area contributed by atoms with Crippen LogP contribution >= 0.6 is 0 Å². The molecule has 0 spiro atoms. The number of ketones is 1. The van der Waals surface area contributed by atoms with Crippen LogP contribution in [0, 0.1) is 0 Å². The van der Waals surface area contributed by atoms with Crippen molar-refractivity contribution in [1.82, 2.24) is 19.6 Å². The number of carbonyl (C=O) groups excluding carboxylic acids is 1. The second-order valence-corrected chi connectivity index (χ2v) is 3.83. The molecule has 0 saturated carbocycles. The predicted molar refractivity (Wildman–Crippen MR) is 69.5 cm³/mol. The molecular formula is C13H14N4O. The summed E-state index contributed by atoms with van der Waals surface area (Å²) in [5.74, 6) is -0.0719. The predicted octanol–water partition coefficient (Wildman–Crippen LogP) is 1.45. The highest BCUT2D eigenvalue weighted by atomic mass is 16.1. The fourth-order valence-electron chi connectivity index (χ4n) is 1.49. The zero-order chi connectivity index (χ0) is 13.0. The van der Waals surface area contributed by atoms with Crippen molar-refractivity contribution in [3.05, 3.63) is 48.1 Å². The second-order valence-electron chi connectivity index (χ2n) is 3.83. The molecule has 2 aromatic rings. The third kappa shape index (κ3) is 2.82. The lowest BCUT2D eigenvalue weighted by molar-refractivity contribution is -0.110. The van der Waals surface area contributed by atoms with Crippen molar-refractivity contribution in [1.29, 1.82) is 0 Å². The number of allylic oxidation sites excluding steroid dienone is 2. The zero-order valence-corrected chi connectivity index (χ0v) is 10.3. The quantitative estimate of drug-likeness (QED) is 0.762. The lowest BCUT2D eigenvalue weighted by atomic mass is 10.2. The van der Waals surface area contributed by atoms with Gasteiger partial charge in [0.05, 0.1) is 11.4 Å². The van der Waals surface area contributed by atoms with Gasteiger partial charge in [0.1, 0.15) is 0 Å². The van der Waals surface area contributed by atoms with E-state index in [1.807, 2.05) is 26.2 Å². The Labute approximate surface area is 105 Å². The third-order valence-corrected chi connectivity index (χ3v) is 2.55. The van der Waals surface area contributed by atoms with E-state index in [1.165, 1.54) is 12.2 Å². The highest BCUT2D eigenvalue weighted by Gasteiger charge is 1.96. The van der Waals surface area contributed by atoms with E-state index in [9.17, 15) is 4.79 Å². The smallest absolute Gasteiger partial charge is 0.178 e. The van der Waals surface area contributed by atoms with Crippen molar-refractivity contribution in [2.24, 2.45) is 14.1 Å². The Kier molecular flexibility index (Phi) is 3.52. The van der Waals surface area contributed by atoms with Crippen molar-refractivity contribution < 1.29 is 4.79 Å². The number of aromatic nitrogens is 4. The standard InChI is InChI=1S/C13H14N4O/c1-16-11(7-9-14-16)3-5-13(18)6-4-12-8-10-15-17(12)2/h3-10H,1-2H3/b5-3+,6-4+. The van der Waals surface area contributed by atoms with Gasteiger partial charge in [-0.15, -0.1) is 0 Å². The molecule has 0 unspecified atom stereocenters. The SMILES string of the molecule is Cn1nccc1/C=C/C(=O)/C=C/c1ccnn1C. The van der Waals surface area contributed by atoms with Crippen molar-refractivity contribution in [2.45, 2.75) is 0 Å². The highest BCUT2D eigenvalue weighted by molar-refractivity contribution is 6.04. The van der Waals surface area contributed by atoms with Crippen LogP contribution in [0.3, 0.4) is 0 Å². The molecule has 0 aliphatic rings. The number of carbonyl (C=O) groups is 1. The van der Waals surface area contributed by atoms with Crippen LogP contribution in [-0.2, 0) is 18.9 Å². The minimum absolute atomic E-state index is 0.0719. The van der Waals surface area contributed by atoms with Gasteiger partial charge in [0.2, 0.25) is 0 Å². The number of aryl methyl sites for hydroxylation is 2. The van der Waals surface area contributed by atoms with Crippen molar-refractivity contribution in [3.8, 4) is 0 Å². The van der Waals surface area contributed by atoms with E-state index in [0.717, 1.165) is 11.4 Å². The Morgan fingerprint density at radius 2 is 1.44 bits per heavy atom. The first-order valence-electron chi connectivity index (χ1n) is 5.53. The summed E-state index contributed by atoms with van der Waals surface area (Å²) in [5, 5.41) is 8.03. The maximum absolute atomic E-state index is 11.6. The van der Waals surface area contributed by atoms with Crippen LogP contribution in [0.2, 0.25) is 0 Å². The Morgan fingerprint density at radius 3 is 1.78 bits per heavy atom. The first kappa shape index (κ1) is 12.0. The first-order chi connectivity index (χ1) is 8.66. The van der Waals surface area contributed by atoms with E-state index in [0.29, 0.717) is 0 Å². The van der Waals surface area contributed by atoms with Gasteiger partial charge in [-0.2, -0.15) is 10.2 Å². The molecule has 0 radical (unpaired) electrons. The molecule has 0 aliphatic heterocycles. The summed E-state index contributed by atoms with van der Waals surface area (Å²) in [6.45, 7) is 0. The lowest BCUT2D eigenvalue weighted by Crippen LogP contribution is -1.94. The van der Waals surface area contributed by atoms with Gasteiger partial charge in [-0.3, -0.25) is 14.2 Å². The average molecular weight is 242 g/mol. The summed E-state index contributed by atoms with van der Waals surface area (Å²) in [4.78, 5) is 11.6. The van der Waals surface area contributed by atoms with E-state index in [-0.39, 0.29) is 5.78 Å². The zero-order valence-electron chi connectivity index (χ0n) is 10.3. The van der Waals surface area contributed by atoms with Crippen LogP contribution in [0.1, 0.15) is 11.4 Å². The van der Waals surface area contributed by atoms with E-state index in [1.54, 1.807) is 33.9 Å². The Bertz CT molecular complexity index is 552. The number of nitrogens with zero attached hydrogens (tertiary/aromatic N) is 4. The summed E-state index contributed by atoms with van der Waals surface area (Å²) >= 11 is 0. The van der Waals surface area contributed by atoms with Crippen LogP contribution in [0.4, 0.5) is 0 Å². The van der Waals surface area contributed by atoms with Gasteiger partial charge in [0.25, 0.3) is 0 Å². The van der Waals surface area contributed by atoms with Gasteiger partial charge < -0.3 is 0 Å². The minimum Gasteiger partial charge on any atom is -0.290 e. The Balaban J connectivity index is 2.01. The monoisotopic (exact) mass is 242 g/mol. The van der Waals surface area contributed by atoms with Crippen LogP contribution in [-0.4, -0.2) is 25.3 Å². The summed E-state index contributed by atoms with van der Waals surface area (Å²) in [5.41, 5.74) is 1.77. The topological polar surface area (TPSA) is 52.7 Å². The molecule has 0 amide bonds. The van der Waals surface area contributed by atoms with Gasteiger partial charge in [0, 0.05) is 26.5 Å². The summed E-state index contributed by atoms with van der Waals surface area (Å²) in [7, 11) is 3.66. The normalized spacial score (nSPS) is 11.7. The molecule has 2 rings (SSSR count). The number of hydrogen-bond donors (Lipinski definition) is 0. The Hall–Kier alpha value is -2.43. The minimum atomic E-state index is -0.0719. The van der Waals surface area contributed by atoms with Gasteiger partial charge in [0.15, 0.2) is 5.78 Å². The molecule has 92 valence electrons. The van der Waals surface area contributed by atoms with Crippen LogP contribution in [0.5, 0.6) is 0 Å². The largest absolute Gasteiger partial charge is 0.290 e. The van der Waals surface area contributed by atoms with Gasteiger partial charge in [-0.05, 0) is 36.4 Å². The molecule has 0 fully saturated rings. The lowest BCUT2D eigenvalue weighted by Gasteiger charge is -1.93. The summed E-state index contributed by atoms with van der Waals surface area (Å²) in [6.07, 6.45) is 9.89. The molecule has 18 heavy (non-hydrogen) atoms. The second kappa shape index (κ2) is 5.27. The summed E-state index contributed by atoms with van der Waals surface area (Å²) in [6, 6.07) is 3.68. The van der Waals surface area contributed by atoms with Crippen LogP contribution in [0.25, 0.3) is 12.2 Å². The van der Waals surface area contributed by atoms with Gasteiger partial charge >= 0.3 is 0 Å². The fraction of sp³-hybridized carbons (Fsp3) is 0.154. The average Bonchev–Trinajstić information content (AvgIpc) is 2.93. The van der Waals surface area contributed by atoms with Gasteiger partial charge in [-0.1, -0.05) is 0 Å². The molecule has 0 atom stereocenters. The molecule has 2 heterocycles. The van der Waals surface area contributed by atoms with Crippen molar-refractivity contribution in [3.63, 3.8) is 0 Å². The molecule has 0 aromatic carbocycles. The highest BCUT2D eigenvalue weighted by Crippen LogP contribution is 2.02. The molecule has 0 bridgehead atoms. The molecule has 0 aliphatic carbocycles. The van der Waals surface area contributed by atoms with Crippen LogP contribution < -0.4 is 0 Å². The molecule has 0 saturated heterocycles. The first-order valence-corrected chi connectivity index (χ1v) is 5.53. The fourth-order valence-corrected chi connectivity index (χ4v) is 1.49. The van der Waals surface area contributed by atoms with Crippen molar-refractivity contribution >= 4 is 17.9 Å². The summed E-state index contributed by atoms with van der Waals surface area (Å²) < 4.78 is 3.41. The Morgan fingerprint density at radius 1 is 1.00 bits per heavy atom.